The van der Waals surface area contributed by atoms with Crippen LogP contribution in [0.25, 0.3) is 0 Å². The fourth-order valence-electron chi connectivity index (χ4n) is 4.32. The normalized spacial score (nSPS) is 16.0. The van der Waals surface area contributed by atoms with Crippen LogP contribution in [-0.4, -0.2) is 59.5 Å². The summed E-state index contributed by atoms with van der Waals surface area (Å²) in [6, 6.07) is 13.2. The third-order valence-corrected chi connectivity index (χ3v) is 6.72. The minimum atomic E-state index is -0.477. The summed E-state index contributed by atoms with van der Waals surface area (Å²) < 4.78 is 14.3. The maximum atomic E-state index is 14.3. The van der Waals surface area contributed by atoms with Gasteiger partial charge in [-0.15, -0.1) is 0 Å². The van der Waals surface area contributed by atoms with Crippen LogP contribution in [0.2, 0.25) is 0 Å². The van der Waals surface area contributed by atoms with E-state index in [1.165, 1.54) is 18.0 Å². The van der Waals surface area contributed by atoms with Crippen molar-refractivity contribution in [2.75, 3.05) is 53.6 Å². The van der Waals surface area contributed by atoms with E-state index in [4.69, 9.17) is 0 Å². The van der Waals surface area contributed by atoms with Crippen molar-refractivity contribution in [3.05, 3.63) is 65.6 Å². The lowest BCUT2D eigenvalue weighted by Gasteiger charge is -2.35. The van der Waals surface area contributed by atoms with E-state index >= 15 is 0 Å². The zero-order valence-corrected chi connectivity index (χ0v) is 20.7. The molecule has 9 heteroatoms. The first-order valence-electron chi connectivity index (χ1n) is 12.5. The van der Waals surface area contributed by atoms with Gasteiger partial charge in [0, 0.05) is 49.8 Å². The highest BCUT2D eigenvalue weighted by Gasteiger charge is 2.25. The first-order valence-corrected chi connectivity index (χ1v) is 12.5. The van der Waals surface area contributed by atoms with Crippen LogP contribution >= 0.6 is 0 Å². The average Bonchev–Trinajstić information content (AvgIpc) is 3.71. The van der Waals surface area contributed by atoms with E-state index < -0.39 is 11.7 Å². The third-order valence-electron chi connectivity index (χ3n) is 6.72. The number of aryl methyl sites for hydroxylation is 1. The predicted molar refractivity (Wildman–Crippen MR) is 142 cm³/mol. The molecule has 0 bridgehead atoms. The van der Waals surface area contributed by atoms with Crippen molar-refractivity contribution >= 4 is 34.7 Å². The lowest BCUT2D eigenvalue weighted by molar-refractivity contribution is 0.102. The summed E-state index contributed by atoms with van der Waals surface area (Å²) in [5, 5.41) is 9.23. The fraction of sp³-hybridized carbons (Fsp3) is 0.370. The molecule has 3 aromatic rings. The Morgan fingerprint density at radius 2 is 1.83 bits per heavy atom. The number of benzene rings is 2. The minimum Gasteiger partial charge on any atom is -0.369 e. The van der Waals surface area contributed by atoms with E-state index in [1.807, 2.05) is 12.1 Å². The van der Waals surface area contributed by atoms with Gasteiger partial charge in [0.2, 0.25) is 5.95 Å². The molecular formula is C27H32FN7O. The summed E-state index contributed by atoms with van der Waals surface area (Å²) in [5.74, 6) is -0.103. The van der Waals surface area contributed by atoms with Gasteiger partial charge in [-0.25, -0.2) is 9.37 Å². The Morgan fingerprint density at radius 3 is 2.50 bits per heavy atom. The monoisotopic (exact) mass is 489 g/mol. The Balaban J connectivity index is 1.30. The van der Waals surface area contributed by atoms with Crippen LogP contribution in [0.4, 0.5) is 33.2 Å². The summed E-state index contributed by atoms with van der Waals surface area (Å²) in [6.45, 7) is 9.26. The molecule has 0 atom stereocenters. The van der Waals surface area contributed by atoms with Crippen LogP contribution in [0.15, 0.2) is 48.7 Å². The van der Waals surface area contributed by atoms with Gasteiger partial charge >= 0.3 is 0 Å². The van der Waals surface area contributed by atoms with Gasteiger partial charge in [0.1, 0.15) is 17.2 Å². The number of hydrogen-bond donors (Lipinski definition) is 3. The SMILES string of the molecule is CCN1CCN(c2ccc(Nc3ncc(C(=O)Nc4c(C)cccc4F)c(NC4CC4)n3)cc2)CC1. The molecule has 2 heterocycles. The molecule has 2 aromatic carbocycles. The number of anilines is 5. The highest BCUT2D eigenvalue weighted by atomic mass is 19.1. The van der Waals surface area contributed by atoms with Crippen LogP contribution in [-0.2, 0) is 0 Å². The number of likely N-dealkylation sites (N-methyl/N-ethyl adjacent to an activating group) is 1. The first kappa shape index (κ1) is 24.0. The van der Waals surface area contributed by atoms with E-state index in [0.29, 0.717) is 17.3 Å². The quantitative estimate of drug-likeness (QED) is 0.425. The highest BCUT2D eigenvalue weighted by Crippen LogP contribution is 2.28. The van der Waals surface area contributed by atoms with E-state index in [0.717, 1.165) is 51.3 Å². The molecule has 1 aliphatic carbocycles. The zero-order chi connectivity index (χ0) is 25.1. The Hall–Kier alpha value is -3.72. The number of rotatable bonds is 8. The van der Waals surface area contributed by atoms with Crippen LogP contribution in [0.1, 0.15) is 35.7 Å². The van der Waals surface area contributed by atoms with Crippen molar-refractivity contribution in [2.45, 2.75) is 32.7 Å². The summed E-state index contributed by atoms with van der Waals surface area (Å²) in [6.07, 6.45) is 3.52. The number of carbonyl (C=O) groups is 1. The molecular weight excluding hydrogens is 457 g/mol. The summed E-state index contributed by atoms with van der Waals surface area (Å²) in [7, 11) is 0. The Morgan fingerprint density at radius 1 is 1.08 bits per heavy atom. The van der Waals surface area contributed by atoms with Crippen LogP contribution in [0.3, 0.4) is 0 Å². The van der Waals surface area contributed by atoms with E-state index in [2.05, 4.69) is 54.8 Å². The second kappa shape index (κ2) is 10.5. The molecule has 5 rings (SSSR count). The van der Waals surface area contributed by atoms with Crippen molar-refractivity contribution < 1.29 is 9.18 Å². The molecule has 36 heavy (non-hydrogen) atoms. The molecule has 1 aliphatic heterocycles. The van der Waals surface area contributed by atoms with Crippen molar-refractivity contribution in [3.63, 3.8) is 0 Å². The van der Waals surface area contributed by atoms with Gasteiger partial charge < -0.3 is 25.8 Å². The number of nitrogens with one attached hydrogen (secondary N) is 3. The van der Waals surface area contributed by atoms with Crippen molar-refractivity contribution in [1.82, 2.24) is 14.9 Å². The standard InChI is InChI=1S/C27H32FN7O/c1-3-34-13-15-35(16-14-34)21-11-9-20(10-12-21)31-27-29-17-22(25(33-27)30-19-7-8-19)26(36)32-24-18(2)5-4-6-23(24)28/h4-6,9-12,17,19H,3,7-8,13-16H2,1-2H3,(H,32,36)(H2,29,30,31,33). The van der Waals surface area contributed by atoms with Crippen molar-refractivity contribution in [1.29, 1.82) is 0 Å². The maximum absolute atomic E-state index is 14.3. The topological polar surface area (TPSA) is 85.4 Å². The van der Waals surface area contributed by atoms with Crippen molar-refractivity contribution in [2.24, 2.45) is 0 Å². The van der Waals surface area contributed by atoms with Crippen LogP contribution in [0.5, 0.6) is 0 Å². The minimum absolute atomic E-state index is 0.165. The number of piperazine rings is 1. The molecule has 1 aromatic heterocycles. The Labute approximate surface area is 210 Å². The second-order valence-electron chi connectivity index (χ2n) is 9.35. The molecule has 2 aliphatic rings. The Kier molecular flexibility index (Phi) is 6.99. The molecule has 8 nitrogen and oxygen atoms in total. The lowest BCUT2D eigenvalue weighted by atomic mass is 10.2. The van der Waals surface area contributed by atoms with E-state index in [1.54, 1.807) is 19.1 Å². The molecule has 1 saturated heterocycles. The van der Waals surface area contributed by atoms with Gasteiger partial charge in [-0.1, -0.05) is 19.1 Å². The first-order chi connectivity index (χ1) is 17.5. The molecule has 188 valence electrons. The number of carbonyl (C=O) groups excluding carboxylic acids is 1. The van der Waals surface area contributed by atoms with E-state index in [9.17, 15) is 9.18 Å². The molecule has 1 saturated carbocycles. The molecule has 0 unspecified atom stereocenters. The Bertz CT molecular complexity index is 1200. The van der Waals surface area contributed by atoms with Gasteiger partial charge in [-0.2, -0.15) is 4.98 Å². The highest BCUT2D eigenvalue weighted by molar-refractivity contribution is 6.07. The predicted octanol–water partition coefficient (Wildman–Crippen LogP) is 4.64. The third kappa shape index (κ3) is 5.57. The number of nitrogens with zero attached hydrogens (tertiary/aromatic N) is 4. The summed E-state index contributed by atoms with van der Waals surface area (Å²) in [4.78, 5) is 26.8. The van der Waals surface area contributed by atoms with Gasteiger partial charge in [0.25, 0.3) is 5.91 Å². The molecule has 0 spiro atoms. The number of hydrogen-bond acceptors (Lipinski definition) is 7. The molecule has 2 fully saturated rings. The number of aromatic nitrogens is 2. The van der Waals surface area contributed by atoms with Gasteiger partial charge in [0.05, 0.1) is 5.69 Å². The van der Waals surface area contributed by atoms with Crippen molar-refractivity contribution in [3.8, 4) is 0 Å². The number of para-hydroxylation sites is 1. The molecule has 3 N–H and O–H groups in total. The van der Waals surface area contributed by atoms with Crippen LogP contribution in [0, 0.1) is 12.7 Å². The zero-order valence-electron chi connectivity index (χ0n) is 20.7. The molecule has 0 radical (unpaired) electrons. The average molecular weight is 490 g/mol. The van der Waals surface area contributed by atoms with Gasteiger partial charge in [-0.3, -0.25) is 4.79 Å². The van der Waals surface area contributed by atoms with Gasteiger partial charge in [0.15, 0.2) is 0 Å². The molecule has 1 amide bonds. The van der Waals surface area contributed by atoms with Crippen LogP contribution < -0.4 is 20.9 Å². The van der Waals surface area contributed by atoms with E-state index in [-0.39, 0.29) is 17.3 Å². The smallest absolute Gasteiger partial charge is 0.261 e. The lowest BCUT2D eigenvalue weighted by Crippen LogP contribution is -2.46. The fourth-order valence-corrected chi connectivity index (χ4v) is 4.32. The number of halogens is 1. The van der Waals surface area contributed by atoms with Gasteiger partial charge in [-0.05, 0) is 62.2 Å². The largest absolute Gasteiger partial charge is 0.369 e. The maximum Gasteiger partial charge on any atom is 0.261 e. The second-order valence-corrected chi connectivity index (χ2v) is 9.35. The number of amides is 1. The summed E-state index contributed by atoms with van der Waals surface area (Å²) >= 11 is 0. The summed E-state index contributed by atoms with van der Waals surface area (Å²) in [5.41, 5.74) is 3.15.